The third-order valence-corrected chi connectivity index (χ3v) is 13.8. The molecule has 0 bridgehead atoms. The fourth-order valence-electron chi connectivity index (χ4n) is 6.91. The lowest BCUT2D eigenvalue weighted by Crippen LogP contribution is -2.75. The Morgan fingerprint density at radius 1 is 0.386 bits per heavy atom. The lowest BCUT2D eigenvalue weighted by atomic mass is 10.1. The molecule has 0 radical (unpaired) electrons. The van der Waals surface area contributed by atoms with E-state index >= 15 is 0 Å². The molecule has 1 heterocycles. The van der Waals surface area contributed by atoms with Crippen LogP contribution in [0.5, 0.6) is 0 Å². The Morgan fingerprint density at radius 3 is 1.16 bits per heavy atom. The number of aryl methyl sites for hydroxylation is 1. The van der Waals surface area contributed by atoms with Crippen molar-refractivity contribution in [3.63, 3.8) is 0 Å². The molecule has 0 unspecified atom stereocenters. The predicted octanol–water partition coefficient (Wildman–Crippen LogP) is 7.81. The van der Waals surface area contributed by atoms with Crippen molar-refractivity contribution in [2.75, 3.05) is 0 Å². The van der Waals surface area contributed by atoms with Crippen molar-refractivity contribution in [2.45, 2.75) is 13.8 Å². The van der Waals surface area contributed by atoms with Gasteiger partial charge in [0.05, 0.1) is 11.4 Å². The van der Waals surface area contributed by atoms with E-state index in [0.717, 1.165) is 0 Å². The normalized spacial score (nSPS) is 11.4. The van der Waals surface area contributed by atoms with Gasteiger partial charge in [-0.3, -0.25) is 0 Å². The van der Waals surface area contributed by atoms with E-state index < -0.39 is 8.07 Å². The highest BCUT2D eigenvalue weighted by atomic mass is 28.3. The number of rotatable bonds is 7. The van der Waals surface area contributed by atoms with Crippen LogP contribution in [0.2, 0.25) is 0 Å². The summed E-state index contributed by atoms with van der Waals surface area (Å²) < 4.78 is 2.53. The minimum Gasteiger partial charge on any atom is -0.309 e. The molecule has 2 heteroatoms. The number of nitrogens with zero attached hydrogens (tertiary/aromatic N) is 1. The number of aromatic nitrogens is 1. The van der Waals surface area contributed by atoms with Crippen LogP contribution in [-0.2, 0) is 0 Å². The third kappa shape index (κ3) is 4.65. The molecule has 0 saturated heterocycles. The van der Waals surface area contributed by atoms with Crippen LogP contribution in [0.25, 0.3) is 28.2 Å². The summed E-state index contributed by atoms with van der Waals surface area (Å²) in [6.45, 7) is 4.51. The Morgan fingerprint density at radius 2 is 0.750 bits per heavy atom. The molecule has 0 aliphatic heterocycles. The first-order valence-electron chi connectivity index (χ1n) is 15.3. The smallest absolute Gasteiger partial charge is 0.182 e. The summed E-state index contributed by atoms with van der Waals surface area (Å²) >= 11 is 0. The van der Waals surface area contributed by atoms with Gasteiger partial charge in [-0.15, -0.1) is 0 Å². The lowest BCUT2D eigenvalue weighted by Gasteiger charge is -2.35. The molecule has 0 saturated carbocycles. The van der Waals surface area contributed by atoms with Crippen LogP contribution >= 0.6 is 0 Å². The lowest BCUT2D eigenvalue weighted by molar-refractivity contribution is 1.09. The van der Waals surface area contributed by atoms with Crippen molar-refractivity contribution in [3.8, 4) is 28.2 Å². The maximum absolute atomic E-state index is 2.88. The van der Waals surface area contributed by atoms with Crippen LogP contribution in [0.3, 0.4) is 0 Å². The SMILES string of the molecule is Cc1ccc(-n2c(-c3ccccc3)c(C)c([Si](c3ccccc3)(c3ccccc3)c3ccccc3)c2-c2ccccc2)cc1. The van der Waals surface area contributed by atoms with Gasteiger partial charge in [0.2, 0.25) is 0 Å². The van der Waals surface area contributed by atoms with Crippen molar-refractivity contribution in [1.82, 2.24) is 4.57 Å². The van der Waals surface area contributed by atoms with Gasteiger partial charge in [0.1, 0.15) is 0 Å². The zero-order valence-corrected chi connectivity index (χ0v) is 26.2. The van der Waals surface area contributed by atoms with E-state index in [1.165, 1.54) is 60.1 Å². The minimum absolute atomic E-state index is 1.17. The summed E-state index contributed by atoms with van der Waals surface area (Å²) in [6, 6.07) is 64.7. The molecule has 0 fully saturated rings. The first kappa shape index (κ1) is 27.6. The van der Waals surface area contributed by atoms with Gasteiger partial charge in [-0.25, -0.2) is 0 Å². The molecule has 0 spiro atoms. The van der Waals surface area contributed by atoms with E-state index in [1.807, 2.05) is 0 Å². The zero-order chi connectivity index (χ0) is 29.9. The molecule has 212 valence electrons. The standard InChI is InChI=1S/C42H35NSi/c1-32-28-30-36(31-29-32)43-40(34-18-8-3-9-19-34)33(2)42(41(43)35-20-10-4-11-21-35)44(37-22-12-5-13-23-37,38-24-14-6-15-25-38)39-26-16-7-17-27-39/h3-31H,1-2H3. The van der Waals surface area contributed by atoms with Crippen LogP contribution in [0.15, 0.2) is 176 Å². The third-order valence-electron chi connectivity index (χ3n) is 8.80. The summed E-state index contributed by atoms with van der Waals surface area (Å²) in [5, 5.41) is 5.54. The van der Waals surface area contributed by atoms with E-state index in [2.05, 4.69) is 194 Å². The van der Waals surface area contributed by atoms with Gasteiger partial charge < -0.3 is 4.57 Å². The molecule has 0 amide bonds. The monoisotopic (exact) mass is 581 g/mol. The minimum atomic E-state index is -2.88. The van der Waals surface area contributed by atoms with Gasteiger partial charge in [0.25, 0.3) is 0 Å². The topological polar surface area (TPSA) is 4.93 Å². The van der Waals surface area contributed by atoms with Crippen molar-refractivity contribution in [3.05, 3.63) is 187 Å². The average Bonchev–Trinajstić information content (AvgIpc) is 3.40. The first-order chi connectivity index (χ1) is 21.7. The molecular formula is C42H35NSi. The Kier molecular flexibility index (Phi) is 7.43. The number of benzene rings is 6. The second-order valence-electron chi connectivity index (χ2n) is 11.4. The van der Waals surface area contributed by atoms with E-state index in [1.54, 1.807) is 0 Å². The van der Waals surface area contributed by atoms with E-state index in [9.17, 15) is 0 Å². The molecule has 0 N–H and O–H groups in total. The molecule has 1 nitrogen and oxygen atoms in total. The zero-order valence-electron chi connectivity index (χ0n) is 25.2. The van der Waals surface area contributed by atoms with Crippen LogP contribution in [0.4, 0.5) is 0 Å². The second kappa shape index (κ2) is 11.8. The fourth-order valence-corrected chi connectivity index (χ4v) is 12.1. The van der Waals surface area contributed by atoms with Gasteiger partial charge in [-0.05, 0) is 63.4 Å². The highest BCUT2D eigenvalue weighted by molar-refractivity contribution is 7.20. The Labute approximate surface area is 261 Å². The number of hydrogen-bond donors (Lipinski definition) is 0. The molecule has 6 aromatic carbocycles. The summed E-state index contributed by atoms with van der Waals surface area (Å²) in [5.74, 6) is 0. The largest absolute Gasteiger partial charge is 0.309 e. The quantitative estimate of drug-likeness (QED) is 0.134. The molecule has 44 heavy (non-hydrogen) atoms. The molecule has 0 aliphatic rings. The molecule has 0 atom stereocenters. The van der Waals surface area contributed by atoms with E-state index in [4.69, 9.17) is 0 Å². The highest BCUT2D eigenvalue weighted by Crippen LogP contribution is 2.36. The van der Waals surface area contributed by atoms with Crippen LogP contribution < -0.4 is 20.7 Å². The molecule has 7 aromatic rings. The predicted molar refractivity (Wildman–Crippen MR) is 190 cm³/mol. The first-order valence-corrected chi connectivity index (χ1v) is 17.3. The highest BCUT2D eigenvalue weighted by Gasteiger charge is 2.46. The maximum atomic E-state index is 2.53. The Bertz CT molecular complexity index is 1880. The van der Waals surface area contributed by atoms with Crippen LogP contribution in [0.1, 0.15) is 11.1 Å². The second-order valence-corrected chi connectivity index (χ2v) is 15.2. The van der Waals surface area contributed by atoms with Crippen molar-refractivity contribution in [2.24, 2.45) is 0 Å². The molecule has 1 aromatic heterocycles. The summed E-state index contributed by atoms with van der Waals surface area (Å²) in [6.07, 6.45) is 0. The molecular weight excluding hydrogens is 547 g/mol. The molecule has 7 rings (SSSR count). The summed E-state index contributed by atoms with van der Waals surface area (Å²) in [4.78, 5) is 0. The van der Waals surface area contributed by atoms with Gasteiger partial charge in [0.15, 0.2) is 8.07 Å². The van der Waals surface area contributed by atoms with Gasteiger partial charge in [0, 0.05) is 5.69 Å². The Balaban J connectivity index is 1.75. The summed E-state index contributed by atoms with van der Waals surface area (Å²) in [7, 11) is -2.88. The average molecular weight is 582 g/mol. The van der Waals surface area contributed by atoms with Crippen molar-refractivity contribution in [1.29, 1.82) is 0 Å². The van der Waals surface area contributed by atoms with Gasteiger partial charge in [-0.2, -0.15) is 0 Å². The summed E-state index contributed by atoms with van der Waals surface area (Å²) in [5.41, 5.74) is 8.66. The van der Waals surface area contributed by atoms with E-state index in [-0.39, 0.29) is 0 Å². The van der Waals surface area contributed by atoms with Crippen molar-refractivity contribution < 1.29 is 0 Å². The maximum Gasteiger partial charge on any atom is 0.182 e. The van der Waals surface area contributed by atoms with E-state index in [0.29, 0.717) is 0 Å². The number of hydrogen-bond acceptors (Lipinski definition) is 0. The van der Waals surface area contributed by atoms with Crippen molar-refractivity contribution >= 4 is 28.8 Å². The fraction of sp³-hybridized carbons (Fsp3) is 0.0476. The van der Waals surface area contributed by atoms with Crippen LogP contribution in [-0.4, -0.2) is 12.6 Å². The van der Waals surface area contributed by atoms with Gasteiger partial charge >= 0.3 is 0 Å². The van der Waals surface area contributed by atoms with Crippen LogP contribution in [0, 0.1) is 13.8 Å². The Hall–Kier alpha value is -5.18. The van der Waals surface area contributed by atoms with Gasteiger partial charge in [-0.1, -0.05) is 169 Å². The molecule has 0 aliphatic carbocycles.